The largest absolute Gasteiger partial charge is 0.480 e. The zero-order chi connectivity index (χ0) is 67.1. The Kier molecular flexibility index (Phi) is 24.4. The molecule has 4 aromatic rings. The van der Waals surface area contributed by atoms with Crippen molar-refractivity contribution in [3.8, 4) is 0 Å². The monoisotopic (exact) mass is 1330 g/mol. The van der Waals surface area contributed by atoms with Gasteiger partial charge in [-0.25, -0.2) is 30.0 Å². The molecule has 1 atom stereocenters. The zero-order valence-corrected chi connectivity index (χ0v) is 54.4. The minimum Gasteiger partial charge on any atom is -0.464 e. The summed E-state index contributed by atoms with van der Waals surface area (Å²) in [6.45, 7) is 23.9. The number of cyclic esters (lactones) is 1. The van der Waals surface area contributed by atoms with Crippen molar-refractivity contribution in [3.63, 3.8) is 0 Å². The van der Waals surface area contributed by atoms with Crippen LogP contribution in [0, 0.1) is 0 Å². The number of likely N-dealkylation sites (tertiary alicyclic amines) is 1. The van der Waals surface area contributed by atoms with Crippen molar-refractivity contribution in [2.24, 2.45) is 0 Å². The van der Waals surface area contributed by atoms with Gasteiger partial charge in [-0.1, -0.05) is 136 Å². The summed E-state index contributed by atoms with van der Waals surface area (Å²) in [5.74, 6) is -8.25. The number of sulfonamides is 3. The number of esters is 1. The molecule has 1 unspecified atom stereocenters. The molecule has 0 radical (unpaired) electrons. The highest BCUT2D eigenvalue weighted by Gasteiger charge is 2.81. The fourth-order valence-corrected chi connectivity index (χ4v) is 14.6. The molecule has 88 heavy (non-hydrogen) atoms. The van der Waals surface area contributed by atoms with E-state index in [4.69, 9.17) is 10.5 Å². The average Bonchev–Trinajstić information content (AvgIpc) is 1.08. The summed E-state index contributed by atoms with van der Waals surface area (Å²) in [7, 11) is -22.3. The van der Waals surface area contributed by atoms with Crippen LogP contribution in [0.1, 0.15) is 125 Å². The van der Waals surface area contributed by atoms with Crippen LogP contribution in [0.4, 0.5) is 50.0 Å². The van der Waals surface area contributed by atoms with Crippen LogP contribution in [0.5, 0.6) is 0 Å². The van der Waals surface area contributed by atoms with Gasteiger partial charge < -0.3 is 29.3 Å². The van der Waals surface area contributed by atoms with Gasteiger partial charge in [0.2, 0.25) is 0 Å². The van der Waals surface area contributed by atoms with E-state index >= 15 is 0 Å². The number of carbonyl (C=O) groups excluding carboxylic acids is 2. The normalized spacial score (nSPS) is 17.6. The molecule has 3 aliphatic rings. The number of halogens is 9. The van der Waals surface area contributed by atoms with Crippen molar-refractivity contribution in [1.82, 2.24) is 14.1 Å². The van der Waals surface area contributed by atoms with Crippen molar-refractivity contribution in [2.45, 2.75) is 179 Å². The summed E-state index contributed by atoms with van der Waals surface area (Å²) >= 11 is 0. The lowest BCUT2D eigenvalue weighted by Gasteiger charge is -2.40. The SMILES string of the molecule is CC(C)(C)c1cc(C(C)(C)C)c(N)c(C(C)(C)C)c1.CCC(C)(C)OC(=O)N1CCC(O)CC1.O=C1OCCC1N1CCN(S(=O)(=O)C(F)(F)C(F)(F)C(F)(F)S(=O)(=O)[N-]S(=O)(=O)C(F)(F)F)CC1.c1ccc([S+](c2ccccc2)c2ccccc2)cc1. The molecule has 16 nitrogen and oxygen atoms in total. The lowest BCUT2D eigenvalue weighted by Crippen LogP contribution is -2.65. The summed E-state index contributed by atoms with van der Waals surface area (Å²) in [5, 5.41) is -5.12. The van der Waals surface area contributed by atoms with Gasteiger partial charge in [0.1, 0.15) is 11.6 Å². The number of nitrogens with two attached hydrogens (primary N) is 1. The number of amides is 1. The molecule has 0 aliphatic carbocycles. The lowest BCUT2D eigenvalue weighted by atomic mass is 9.74. The Morgan fingerprint density at radius 1 is 0.625 bits per heavy atom. The zero-order valence-electron chi connectivity index (χ0n) is 51.2. The third kappa shape index (κ3) is 18.3. The van der Waals surface area contributed by atoms with Crippen LogP contribution >= 0.6 is 0 Å². The standard InChI is InChI=1S/C18H31N.C18H15S.C12H13F9N3O8S3.C11H21NO3/c1-16(2,3)12-10-13(17(4,5)6)15(19)14(11-12)18(7,8)9;1-4-10-16(11-5-1)19(17-12-6-2-7-13-17)18-14-8-3-9-15-18;13-9(14,10(15,16)33(26,27)22-34(28,29)12(19,20)21)11(17,18)35(30,31)24-4-2-23(3-5-24)7-1-6-32-8(7)25;1-4-11(2,3)15-10(14)12-7-5-9(13)6-8-12/h10-11H,19H2,1-9H3;1-15H;7H,1-6H2;9,13H,4-8H2,1-3H3/q;+1;-1;. The molecule has 1 amide bonds. The van der Waals surface area contributed by atoms with Gasteiger partial charge in [0.15, 0.2) is 34.7 Å². The van der Waals surface area contributed by atoms with Crippen LogP contribution in [0.15, 0.2) is 118 Å². The van der Waals surface area contributed by atoms with Gasteiger partial charge in [0, 0.05) is 51.4 Å². The van der Waals surface area contributed by atoms with E-state index in [2.05, 4.69) is 170 Å². The molecule has 0 spiro atoms. The fraction of sp³-hybridized carbons (Fsp3) is 0.559. The molecule has 0 saturated carbocycles. The quantitative estimate of drug-likeness (QED) is 0.0550. The number of piperidine rings is 1. The van der Waals surface area contributed by atoms with Crippen molar-refractivity contribution in [2.75, 3.05) is 51.6 Å². The molecule has 3 saturated heterocycles. The predicted molar refractivity (Wildman–Crippen MR) is 320 cm³/mol. The van der Waals surface area contributed by atoms with E-state index in [1.807, 2.05) is 20.8 Å². The van der Waals surface area contributed by atoms with Gasteiger partial charge in [-0.15, -0.1) is 0 Å². The molecule has 29 heteroatoms. The number of rotatable bonds is 13. The number of hydrogen-bond acceptors (Lipinski definition) is 13. The number of aliphatic hydroxyl groups is 1. The molecule has 7 rings (SSSR count). The number of nitrogen functional groups attached to an aromatic ring is 1. The van der Waals surface area contributed by atoms with E-state index in [-0.39, 0.29) is 52.4 Å². The first-order valence-electron chi connectivity index (χ1n) is 27.9. The number of nitrogens with zero attached hydrogens (tertiary/aromatic N) is 4. The molecule has 0 bridgehead atoms. The highest BCUT2D eigenvalue weighted by molar-refractivity contribution is 8.13. The Hall–Kier alpha value is -5.17. The highest BCUT2D eigenvalue weighted by atomic mass is 32.3. The number of ether oxygens (including phenoxy) is 2. The van der Waals surface area contributed by atoms with E-state index in [1.165, 1.54) is 36.3 Å². The van der Waals surface area contributed by atoms with Gasteiger partial charge in [0.25, 0.3) is 10.0 Å². The Labute approximate surface area is 514 Å². The smallest absolute Gasteiger partial charge is 0.464 e. The summed E-state index contributed by atoms with van der Waals surface area (Å²) in [6.07, 6.45) is 1.72. The summed E-state index contributed by atoms with van der Waals surface area (Å²) in [5.41, 5.74) is 4.54. The molecule has 3 fully saturated rings. The number of piperazine rings is 1. The minimum absolute atomic E-state index is 0.0146. The number of anilines is 1. The van der Waals surface area contributed by atoms with Crippen molar-refractivity contribution >= 4 is 58.7 Å². The Bertz CT molecular complexity index is 3190. The molecule has 3 heterocycles. The second kappa shape index (κ2) is 28.6. The lowest BCUT2D eigenvalue weighted by molar-refractivity contribution is -0.244. The maximum absolute atomic E-state index is 14.3. The van der Waals surface area contributed by atoms with Gasteiger partial charge in [-0.05, 0) is 102 Å². The van der Waals surface area contributed by atoms with Gasteiger partial charge in [-0.3, -0.25) is 9.69 Å². The second-order valence-corrected chi connectivity index (χ2v) is 32.1. The number of hydrogen-bond donors (Lipinski definition) is 2. The first-order valence-corrected chi connectivity index (χ1v) is 33.5. The molecule has 494 valence electrons. The summed E-state index contributed by atoms with van der Waals surface area (Å²) in [6, 6.07) is 35.8. The van der Waals surface area contributed by atoms with Crippen LogP contribution in [-0.4, -0.2) is 142 Å². The van der Waals surface area contributed by atoms with Crippen molar-refractivity contribution < 1.29 is 88.9 Å². The maximum Gasteiger partial charge on any atom is 0.480 e. The number of alkyl halides is 9. The van der Waals surface area contributed by atoms with E-state index in [9.17, 15) is 79.5 Å². The van der Waals surface area contributed by atoms with Crippen LogP contribution in [0.3, 0.4) is 0 Å². The van der Waals surface area contributed by atoms with Crippen LogP contribution in [-0.2, 0) is 71.5 Å². The van der Waals surface area contributed by atoms with E-state index < -0.39 is 100 Å². The van der Waals surface area contributed by atoms with Crippen LogP contribution < -0.4 is 5.73 Å². The van der Waals surface area contributed by atoms with Crippen LogP contribution in [0.2, 0.25) is 0 Å². The Morgan fingerprint density at radius 3 is 1.38 bits per heavy atom. The molecule has 4 aromatic carbocycles. The van der Waals surface area contributed by atoms with Crippen LogP contribution in [0.25, 0.3) is 4.13 Å². The van der Waals surface area contributed by atoms with Gasteiger partial charge in [-0.2, -0.15) is 43.8 Å². The fourth-order valence-electron chi connectivity index (χ4n) is 8.77. The second-order valence-electron chi connectivity index (χ2n) is 24.7. The molecular weight excluding hydrogens is 1250 g/mol. The first-order chi connectivity index (χ1) is 40.1. The molecular formula is C59H80F9N5O11S4. The average molecular weight is 1330 g/mol. The summed E-state index contributed by atoms with van der Waals surface area (Å²) in [4.78, 5) is 30.2. The number of carbonyl (C=O) groups is 2. The van der Waals surface area contributed by atoms with E-state index in [1.54, 1.807) is 4.90 Å². The Balaban J connectivity index is 0.000000267. The topological polar surface area (TPSA) is 225 Å². The van der Waals surface area contributed by atoms with E-state index in [0.717, 1.165) is 12.1 Å². The molecule has 3 aliphatic heterocycles. The predicted octanol–water partition coefficient (Wildman–Crippen LogP) is 12.3. The summed E-state index contributed by atoms with van der Waals surface area (Å²) < 4.78 is 200. The van der Waals surface area contributed by atoms with E-state index in [0.29, 0.717) is 30.1 Å². The third-order valence-corrected chi connectivity index (χ3v) is 21.6. The maximum atomic E-state index is 14.3. The first kappa shape index (κ1) is 75.3. The highest BCUT2D eigenvalue weighted by Crippen LogP contribution is 2.54. The molecule has 0 aromatic heterocycles. The Morgan fingerprint density at radius 2 is 1.03 bits per heavy atom. The third-order valence-electron chi connectivity index (χ3n) is 14.4. The van der Waals surface area contributed by atoms with Gasteiger partial charge >= 0.3 is 34.0 Å². The minimum atomic E-state index is -7.95. The number of benzene rings is 4. The number of aliphatic hydroxyl groups excluding tert-OH is 1. The molecule has 3 N–H and O–H groups in total. The van der Waals surface area contributed by atoms with Crippen molar-refractivity contribution in [1.29, 1.82) is 0 Å². The van der Waals surface area contributed by atoms with Gasteiger partial charge in [0.05, 0.1) is 23.6 Å². The van der Waals surface area contributed by atoms with Crippen molar-refractivity contribution in [3.05, 3.63) is 124 Å².